The van der Waals surface area contributed by atoms with Gasteiger partial charge in [-0.1, -0.05) is 39.0 Å². The summed E-state index contributed by atoms with van der Waals surface area (Å²) in [5, 5.41) is 13.4. The number of nitrogens with one attached hydrogen (secondary N) is 1. The number of ether oxygens (including phenoxy) is 1. The number of carbonyl (C=O) groups excluding carboxylic acids is 1. The molecule has 0 radical (unpaired) electrons. The number of amides is 1. The Morgan fingerprint density at radius 2 is 2.00 bits per heavy atom. The van der Waals surface area contributed by atoms with Crippen LogP contribution in [0, 0.1) is 5.41 Å². The van der Waals surface area contributed by atoms with Crippen molar-refractivity contribution in [2.75, 3.05) is 6.54 Å². The van der Waals surface area contributed by atoms with E-state index in [9.17, 15) is 9.90 Å². The van der Waals surface area contributed by atoms with Crippen LogP contribution in [0.25, 0.3) is 0 Å². The molecule has 0 spiro atoms. The van der Waals surface area contributed by atoms with Gasteiger partial charge in [0.05, 0.1) is 24.0 Å². The maximum Gasteiger partial charge on any atom is 0.220 e. The third-order valence-electron chi connectivity index (χ3n) is 5.22. The van der Waals surface area contributed by atoms with Gasteiger partial charge in [-0.3, -0.25) is 4.79 Å². The fraction of sp³-hybridized carbons (Fsp3) is 0.458. The molecule has 8 nitrogen and oxygen atoms in total. The van der Waals surface area contributed by atoms with Crippen molar-refractivity contribution in [1.29, 1.82) is 0 Å². The molecule has 0 bridgehead atoms. The minimum absolute atomic E-state index is 0. The van der Waals surface area contributed by atoms with E-state index in [1.807, 2.05) is 41.3 Å². The molecule has 1 amide bonds. The van der Waals surface area contributed by atoms with Gasteiger partial charge in [0.15, 0.2) is 5.96 Å². The molecule has 0 unspecified atom stereocenters. The second-order valence-corrected chi connectivity index (χ2v) is 9.35. The molecule has 1 aromatic heterocycles. The van der Waals surface area contributed by atoms with Crippen molar-refractivity contribution in [1.82, 2.24) is 15.2 Å². The van der Waals surface area contributed by atoms with Gasteiger partial charge in [-0.05, 0) is 30.9 Å². The number of benzene rings is 1. The Kier molecular flexibility index (Phi) is 9.13. The van der Waals surface area contributed by atoms with Gasteiger partial charge >= 0.3 is 0 Å². The highest BCUT2D eigenvalue weighted by Gasteiger charge is 2.29. The molecular weight excluding hydrogens is 438 g/mol. The number of nitrogens with two attached hydrogens (primary N) is 1. The zero-order valence-electron chi connectivity index (χ0n) is 19.7. The molecule has 0 saturated heterocycles. The van der Waals surface area contributed by atoms with E-state index in [-0.39, 0.29) is 30.9 Å². The van der Waals surface area contributed by atoms with Gasteiger partial charge in [-0.15, -0.1) is 0 Å². The number of carbonyl (C=O) groups is 1. The molecular formula is C24H35N5O3S. The van der Waals surface area contributed by atoms with Crippen molar-refractivity contribution < 1.29 is 14.6 Å². The lowest BCUT2D eigenvalue weighted by atomic mass is 9.96. The quantitative estimate of drug-likeness (QED) is 0.541. The third kappa shape index (κ3) is 7.64. The van der Waals surface area contributed by atoms with Crippen LogP contribution in [0.3, 0.4) is 0 Å². The highest BCUT2D eigenvalue weighted by molar-refractivity contribution is 7.59. The number of nitrogens with zero attached hydrogens (tertiary/aromatic N) is 3. The lowest BCUT2D eigenvalue weighted by Crippen LogP contribution is -2.50. The number of aromatic nitrogens is 1. The van der Waals surface area contributed by atoms with Crippen LogP contribution in [0.15, 0.2) is 47.6 Å². The Bertz CT molecular complexity index is 960. The predicted molar refractivity (Wildman–Crippen MR) is 135 cm³/mol. The van der Waals surface area contributed by atoms with Gasteiger partial charge in [0, 0.05) is 31.1 Å². The number of hydrogen-bond acceptors (Lipinski definition) is 7. The maximum absolute atomic E-state index is 12.3. The average Bonchev–Trinajstić information content (AvgIpc) is 2.73. The smallest absolute Gasteiger partial charge is 0.220 e. The van der Waals surface area contributed by atoms with E-state index in [0.717, 1.165) is 5.56 Å². The van der Waals surface area contributed by atoms with E-state index in [1.54, 1.807) is 13.1 Å². The Morgan fingerprint density at radius 3 is 2.64 bits per heavy atom. The van der Waals surface area contributed by atoms with Gasteiger partial charge in [-0.2, -0.15) is 13.5 Å². The van der Waals surface area contributed by atoms with Crippen LogP contribution in [0.1, 0.15) is 46.1 Å². The molecule has 1 aliphatic rings. The molecule has 3 rings (SSSR count). The zero-order valence-corrected chi connectivity index (χ0v) is 20.7. The molecule has 180 valence electrons. The fourth-order valence-electron chi connectivity index (χ4n) is 3.49. The van der Waals surface area contributed by atoms with Crippen LogP contribution in [0.5, 0.6) is 11.6 Å². The summed E-state index contributed by atoms with van der Waals surface area (Å²) in [6.07, 6.45) is 1.69. The second kappa shape index (κ2) is 11.4. The molecule has 4 N–H and O–H groups in total. The van der Waals surface area contributed by atoms with Gasteiger partial charge < -0.3 is 25.8 Å². The van der Waals surface area contributed by atoms with Crippen LogP contribution >= 0.6 is 13.5 Å². The molecule has 2 atom stereocenters. The van der Waals surface area contributed by atoms with Crippen LogP contribution in [0.4, 0.5) is 5.69 Å². The van der Waals surface area contributed by atoms with E-state index >= 15 is 0 Å². The first-order valence-electron chi connectivity index (χ1n) is 10.9. The Balaban J connectivity index is 0.00000385. The summed E-state index contributed by atoms with van der Waals surface area (Å²) in [5.74, 6) is 1.41. The number of fused-ring (bicyclic) bond motifs is 1. The fourth-order valence-corrected chi connectivity index (χ4v) is 3.49. The molecule has 0 saturated carbocycles. The van der Waals surface area contributed by atoms with E-state index in [4.69, 9.17) is 10.5 Å². The van der Waals surface area contributed by atoms with Crippen LogP contribution in [-0.4, -0.2) is 45.5 Å². The predicted octanol–water partition coefficient (Wildman–Crippen LogP) is 3.44. The average molecular weight is 474 g/mol. The molecule has 0 aliphatic carbocycles. The van der Waals surface area contributed by atoms with Crippen molar-refractivity contribution in [3.8, 4) is 11.6 Å². The number of hydrogen-bond donors (Lipinski definition) is 3. The first kappa shape index (κ1) is 26.5. The third-order valence-corrected chi connectivity index (χ3v) is 5.22. The first-order chi connectivity index (χ1) is 15.1. The van der Waals surface area contributed by atoms with Crippen molar-refractivity contribution in [2.24, 2.45) is 16.1 Å². The highest BCUT2D eigenvalue weighted by atomic mass is 32.1. The van der Waals surface area contributed by atoms with E-state index < -0.39 is 6.10 Å². The summed E-state index contributed by atoms with van der Waals surface area (Å²) in [5.41, 5.74) is 7.80. The molecule has 1 aromatic carbocycles. The SMILES string of the molecule is C[C@@H](O)[C@H](CCC(=O)NCC(C)(C)C)N1Cc2cc(Oc3ccccc3)ncc2N=C1N.S. The minimum atomic E-state index is -0.692. The normalized spacial score (nSPS) is 14.9. The van der Waals surface area contributed by atoms with E-state index in [2.05, 4.69) is 36.1 Å². The molecule has 2 heterocycles. The largest absolute Gasteiger partial charge is 0.439 e. The summed E-state index contributed by atoms with van der Waals surface area (Å²) in [4.78, 5) is 22.9. The Morgan fingerprint density at radius 1 is 1.30 bits per heavy atom. The highest BCUT2D eigenvalue weighted by Crippen LogP contribution is 2.31. The van der Waals surface area contributed by atoms with Gasteiger partial charge in [0.25, 0.3) is 0 Å². The molecule has 33 heavy (non-hydrogen) atoms. The minimum Gasteiger partial charge on any atom is -0.439 e. The number of rotatable bonds is 8. The number of aliphatic hydroxyl groups is 1. The number of pyridine rings is 1. The lowest BCUT2D eigenvalue weighted by Gasteiger charge is -2.37. The van der Waals surface area contributed by atoms with Gasteiger partial charge in [0.1, 0.15) is 5.75 Å². The van der Waals surface area contributed by atoms with Crippen molar-refractivity contribution in [2.45, 2.75) is 59.2 Å². The van der Waals surface area contributed by atoms with Gasteiger partial charge in [0.2, 0.25) is 11.8 Å². The summed E-state index contributed by atoms with van der Waals surface area (Å²) in [6, 6.07) is 10.9. The Labute approximate surface area is 202 Å². The zero-order chi connectivity index (χ0) is 23.3. The maximum atomic E-state index is 12.3. The molecule has 2 aromatic rings. The Hall–Kier alpha value is -2.78. The molecule has 9 heteroatoms. The topological polar surface area (TPSA) is 113 Å². The van der Waals surface area contributed by atoms with Crippen molar-refractivity contribution in [3.05, 3.63) is 48.2 Å². The summed E-state index contributed by atoms with van der Waals surface area (Å²) in [7, 11) is 0. The first-order valence-corrected chi connectivity index (χ1v) is 10.9. The lowest BCUT2D eigenvalue weighted by molar-refractivity contribution is -0.122. The van der Waals surface area contributed by atoms with E-state index in [0.29, 0.717) is 49.2 Å². The van der Waals surface area contributed by atoms with Crippen molar-refractivity contribution in [3.63, 3.8) is 0 Å². The number of aliphatic imine (C=N–C) groups is 1. The molecule has 0 fully saturated rings. The van der Waals surface area contributed by atoms with Crippen LogP contribution in [0.2, 0.25) is 0 Å². The summed E-state index contributed by atoms with van der Waals surface area (Å²) < 4.78 is 5.84. The number of aliphatic hydroxyl groups excluding tert-OH is 1. The summed E-state index contributed by atoms with van der Waals surface area (Å²) in [6.45, 7) is 8.95. The molecule has 1 aliphatic heterocycles. The van der Waals surface area contributed by atoms with Crippen LogP contribution < -0.4 is 15.8 Å². The number of para-hydroxylation sites is 1. The standard InChI is InChI=1S/C24H33N5O3.H2S/c1-16(30)20(10-11-21(31)27-15-24(2,3)4)29-14-17-12-22(26-13-19(17)28-23(29)25)32-18-8-6-5-7-9-18;/h5-9,12-13,16,20,30H,10-11,14-15H2,1-4H3,(H2,25,28)(H,27,31);1H2/t16-,20+;/m1./s1. The monoisotopic (exact) mass is 473 g/mol. The second-order valence-electron chi connectivity index (χ2n) is 9.35. The summed E-state index contributed by atoms with van der Waals surface area (Å²) >= 11 is 0. The van der Waals surface area contributed by atoms with Crippen molar-refractivity contribution >= 4 is 31.0 Å². The van der Waals surface area contributed by atoms with E-state index in [1.165, 1.54) is 0 Å². The van der Waals surface area contributed by atoms with Crippen LogP contribution in [-0.2, 0) is 11.3 Å². The van der Waals surface area contributed by atoms with Gasteiger partial charge in [-0.25, -0.2) is 9.98 Å². The number of guanidine groups is 1.